The number of ether oxygens (including phenoxy) is 1. The summed E-state index contributed by atoms with van der Waals surface area (Å²) >= 11 is 3.48. The first-order valence-electron chi connectivity index (χ1n) is 6.08. The van der Waals surface area contributed by atoms with Gasteiger partial charge in [0.25, 0.3) is 0 Å². The summed E-state index contributed by atoms with van der Waals surface area (Å²) < 4.78 is 6.52. The molecule has 0 aromatic heterocycles. The molecule has 3 nitrogen and oxygen atoms in total. The van der Waals surface area contributed by atoms with Crippen molar-refractivity contribution in [2.24, 2.45) is 0 Å². The number of halogens is 1. The van der Waals surface area contributed by atoms with Crippen molar-refractivity contribution < 1.29 is 9.53 Å². The number of ketones is 1. The molecular formula is C14H18BrNO2. The third kappa shape index (κ3) is 2.59. The predicted octanol–water partition coefficient (Wildman–Crippen LogP) is 3.27. The molecule has 98 valence electrons. The molecule has 0 aliphatic carbocycles. The average molecular weight is 312 g/mol. The van der Waals surface area contributed by atoms with Gasteiger partial charge in [-0.05, 0) is 39.0 Å². The summed E-state index contributed by atoms with van der Waals surface area (Å²) in [6.07, 6.45) is 0. The first kappa shape index (κ1) is 13.6. The SMILES string of the molecule is CC(=O)c1ccc(Br)cc1N1CCOCC1(C)C. The number of morpholine rings is 1. The number of carbonyl (C=O) groups excluding carboxylic acids is 1. The van der Waals surface area contributed by atoms with Gasteiger partial charge in [0.2, 0.25) is 0 Å². The van der Waals surface area contributed by atoms with Crippen LogP contribution in [-0.4, -0.2) is 31.1 Å². The molecule has 1 aliphatic heterocycles. The fourth-order valence-corrected chi connectivity index (χ4v) is 2.68. The quantitative estimate of drug-likeness (QED) is 0.785. The molecule has 18 heavy (non-hydrogen) atoms. The zero-order valence-corrected chi connectivity index (χ0v) is 12.6. The Morgan fingerprint density at radius 1 is 1.44 bits per heavy atom. The lowest BCUT2D eigenvalue weighted by Crippen LogP contribution is -2.53. The Bertz CT molecular complexity index is 471. The molecule has 1 fully saturated rings. The minimum absolute atomic E-state index is 0.0940. The number of benzene rings is 1. The predicted molar refractivity (Wildman–Crippen MR) is 76.4 cm³/mol. The van der Waals surface area contributed by atoms with E-state index in [4.69, 9.17) is 4.74 Å². The largest absolute Gasteiger partial charge is 0.377 e. The summed E-state index contributed by atoms with van der Waals surface area (Å²) in [6.45, 7) is 8.07. The molecule has 0 N–H and O–H groups in total. The Balaban J connectivity index is 2.48. The van der Waals surface area contributed by atoms with Crippen LogP contribution in [0.5, 0.6) is 0 Å². The molecule has 1 heterocycles. The second kappa shape index (κ2) is 5.02. The van der Waals surface area contributed by atoms with Gasteiger partial charge in [-0.15, -0.1) is 0 Å². The highest BCUT2D eigenvalue weighted by molar-refractivity contribution is 9.10. The lowest BCUT2D eigenvalue weighted by atomic mass is 9.98. The van der Waals surface area contributed by atoms with Crippen LogP contribution in [0.2, 0.25) is 0 Å². The topological polar surface area (TPSA) is 29.5 Å². The Morgan fingerprint density at radius 2 is 2.17 bits per heavy atom. The van der Waals surface area contributed by atoms with Crippen molar-refractivity contribution >= 4 is 27.4 Å². The van der Waals surface area contributed by atoms with E-state index < -0.39 is 0 Å². The fourth-order valence-electron chi connectivity index (χ4n) is 2.33. The minimum atomic E-state index is -0.0940. The number of carbonyl (C=O) groups is 1. The van der Waals surface area contributed by atoms with Crippen LogP contribution in [0.4, 0.5) is 5.69 Å². The maximum Gasteiger partial charge on any atom is 0.161 e. The summed E-state index contributed by atoms with van der Waals surface area (Å²) in [5, 5.41) is 0. The van der Waals surface area contributed by atoms with Gasteiger partial charge in [0.15, 0.2) is 5.78 Å². The zero-order valence-electron chi connectivity index (χ0n) is 11.0. The van der Waals surface area contributed by atoms with Crippen molar-refractivity contribution in [1.82, 2.24) is 0 Å². The molecule has 1 aliphatic rings. The first-order valence-corrected chi connectivity index (χ1v) is 6.87. The number of hydrogen-bond donors (Lipinski definition) is 0. The van der Waals surface area contributed by atoms with Crippen LogP contribution in [0.1, 0.15) is 31.1 Å². The van der Waals surface area contributed by atoms with E-state index in [1.165, 1.54) is 0 Å². The van der Waals surface area contributed by atoms with Gasteiger partial charge >= 0.3 is 0 Å². The van der Waals surface area contributed by atoms with Crippen molar-refractivity contribution in [3.63, 3.8) is 0 Å². The molecule has 0 saturated carbocycles. The molecule has 2 rings (SSSR count). The van der Waals surface area contributed by atoms with Crippen LogP contribution in [0, 0.1) is 0 Å². The molecule has 0 bridgehead atoms. The Hall–Kier alpha value is -0.870. The Kier molecular flexibility index (Phi) is 3.78. The van der Waals surface area contributed by atoms with Crippen molar-refractivity contribution in [2.45, 2.75) is 26.3 Å². The summed E-state index contributed by atoms with van der Waals surface area (Å²) in [4.78, 5) is 14.0. The average Bonchev–Trinajstić information content (AvgIpc) is 2.27. The molecular weight excluding hydrogens is 294 g/mol. The summed E-state index contributed by atoms with van der Waals surface area (Å²) in [5.41, 5.74) is 1.67. The molecule has 0 amide bonds. The van der Waals surface area contributed by atoms with E-state index >= 15 is 0 Å². The van der Waals surface area contributed by atoms with Gasteiger partial charge in [0.1, 0.15) is 0 Å². The standard InChI is InChI=1S/C14H18BrNO2/c1-10(17)12-5-4-11(15)8-13(12)16-6-7-18-9-14(16,2)3/h4-5,8H,6-7,9H2,1-3H3. The lowest BCUT2D eigenvalue weighted by Gasteiger charge is -2.44. The molecule has 1 saturated heterocycles. The molecule has 0 unspecified atom stereocenters. The molecule has 0 atom stereocenters. The van der Waals surface area contributed by atoms with Gasteiger partial charge in [-0.1, -0.05) is 15.9 Å². The fraction of sp³-hybridized carbons (Fsp3) is 0.500. The normalized spacial score (nSPS) is 18.8. The van der Waals surface area contributed by atoms with E-state index in [0.29, 0.717) is 13.2 Å². The van der Waals surface area contributed by atoms with Gasteiger partial charge in [-0.3, -0.25) is 4.79 Å². The molecule has 0 radical (unpaired) electrons. The number of anilines is 1. The highest BCUT2D eigenvalue weighted by Crippen LogP contribution is 2.32. The monoisotopic (exact) mass is 311 g/mol. The van der Waals surface area contributed by atoms with E-state index in [9.17, 15) is 4.79 Å². The van der Waals surface area contributed by atoms with Crippen molar-refractivity contribution in [1.29, 1.82) is 0 Å². The third-order valence-corrected chi connectivity index (χ3v) is 3.77. The molecule has 1 aromatic carbocycles. The number of hydrogen-bond acceptors (Lipinski definition) is 3. The van der Waals surface area contributed by atoms with Gasteiger partial charge in [-0.25, -0.2) is 0 Å². The van der Waals surface area contributed by atoms with Crippen LogP contribution in [0.25, 0.3) is 0 Å². The van der Waals surface area contributed by atoms with Gasteiger partial charge in [0, 0.05) is 22.3 Å². The third-order valence-electron chi connectivity index (χ3n) is 3.28. The van der Waals surface area contributed by atoms with E-state index in [-0.39, 0.29) is 11.3 Å². The van der Waals surface area contributed by atoms with Crippen LogP contribution in [-0.2, 0) is 4.74 Å². The van der Waals surface area contributed by atoms with Crippen LogP contribution in [0.3, 0.4) is 0 Å². The molecule has 0 spiro atoms. The number of Topliss-reactive ketones (excluding diaryl/α,β-unsaturated/α-hetero) is 1. The van der Waals surface area contributed by atoms with Crippen molar-refractivity contribution in [2.75, 3.05) is 24.7 Å². The number of nitrogens with zero attached hydrogens (tertiary/aromatic N) is 1. The summed E-state index contributed by atoms with van der Waals surface area (Å²) in [5.74, 6) is 0.0970. The second-order valence-corrected chi connectivity index (χ2v) is 6.15. The zero-order chi connectivity index (χ0) is 13.3. The van der Waals surface area contributed by atoms with Gasteiger partial charge in [-0.2, -0.15) is 0 Å². The van der Waals surface area contributed by atoms with E-state index in [2.05, 4.69) is 34.7 Å². The molecule has 4 heteroatoms. The maximum atomic E-state index is 11.8. The highest BCUT2D eigenvalue weighted by Gasteiger charge is 2.32. The smallest absolute Gasteiger partial charge is 0.161 e. The van der Waals surface area contributed by atoms with Crippen molar-refractivity contribution in [3.05, 3.63) is 28.2 Å². The summed E-state index contributed by atoms with van der Waals surface area (Å²) in [7, 11) is 0. The van der Waals surface area contributed by atoms with Crippen LogP contribution < -0.4 is 4.90 Å². The van der Waals surface area contributed by atoms with E-state index in [0.717, 1.165) is 22.3 Å². The molecule has 1 aromatic rings. The van der Waals surface area contributed by atoms with Crippen molar-refractivity contribution in [3.8, 4) is 0 Å². The minimum Gasteiger partial charge on any atom is -0.377 e. The van der Waals surface area contributed by atoms with Crippen LogP contribution in [0.15, 0.2) is 22.7 Å². The van der Waals surface area contributed by atoms with Gasteiger partial charge in [0.05, 0.1) is 18.8 Å². The van der Waals surface area contributed by atoms with Crippen LogP contribution >= 0.6 is 15.9 Å². The Morgan fingerprint density at radius 3 is 2.78 bits per heavy atom. The highest BCUT2D eigenvalue weighted by atomic mass is 79.9. The Labute approximate surface area is 116 Å². The van der Waals surface area contributed by atoms with E-state index in [1.807, 2.05) is 18.2 Å². The maximum absolute atomic E-state index is 11.8. The first-order chi connectivity index (χ1) is 8.42. The van der Waals surface area contributed by atoms with E-state index in [1.54, 1.807) is 6.92 Å². The number of rotatable bonds is 2. The second-order valence-electron chi connectivity index (χ2n) is 5.23. The lowest BCUT2D eigenvalue weighted by molar-refractivity contribution is 0.0642. The van der Waals surface area contributed by atoms with Gasteiger partial charge < -0.3 is 9.64 Å². The summed E-state index contributed by atoms with van der Waals surface area (Å²) in [6, 6.07) is 5.81.